The molecule has 6 heteroatoms. The Hall–Kier alpha value is -2.18. The second-order valence-corrected chi connectivity index (χ2v) is 18.2. The van der Waals surface area contributed by atoms with Gasteiger partial charge in [-0.3, -0.25) is 9.59 Å². The third-order valence-electron chi connectivity index (χ3n) is 12.1. The average Bonchev–Trinajstić information content (AvgIpc) is 3.26. The normalized spacial score (nSPS) is 13.6. The number of rotatable bonds is 48. The second kappa shape index (κ2) is 49.8. The Labute approximate surface area is 385 Å². The van der Waals surface area contributed by atoms with Crippen LogP contribution in [-0.4, -0.2) is 46.9 Å². The number of hydrogen-bond acceptors (Lipinski definition) is 5. The highest BCUT2D eigenvalue weighted by Gasteiger charge is 2.24. The Morgan fingerprint density at radius 3 is 1.35 bits per heavy atom. The maximum absolute atomic E-state index is 13.2. The van der Waals surface area contributed by atoms with Crippen LogP contribution in [0.1, 0.15) is 271 Å². The van der Waals surface area contributed by atoms with Crippen molar-refractivity contribution < 1.29 is 24.5 Å². The van der Waals surface area contributed by atoms with Gasteiger partial charge in [-0.05, 0) is 83.5 Å². The minimum absolute atomic E-state index is 0.0464. The van der Waals surface area contributed by atoms with Crippen LogP contribution in [0.2, 0.25) is 0 Å². The molecule has 362 valence electrons. The maximum Gasteiger partial charge on any atom is 0.306 e. The van der Waals surface area contributed by atoms with Crippen molar-refractivity contribution in [2.45, 2.75) is 289 Å². The summed E-state index contributed by atoms with van der Waals surface area (Å²) in [5.74, 6) is -0.526. The van der Waals surface area contributed by atoms with Gasteiger partial charge < -0.3 is 20.3 Å². The third-order valence-corrected chi connectivity index (χ3v) is 12.1. The second-order valence-electron chi connectivity index (χ2n) is 18.2. The van der Waals surface area contributed by atoms with E-state index in [-0.39, 0.29) is 24.9 Å². The number of aliphatic hydroxyl groups is 2. The highest BCUT2D eigenvalue weighted by atomic mass is 16.5. The molecule has 0 bridgehead atoms. The van der Waals surface area contributed by atoms with Crippen molar-refractivity contribution in [1.29, 1.82) is 0 Å². The minimum Gasteiger partial charge on any atom is -0.462 e. The molecule has 1 amide bonds. The van der Waals surface area contributed by atoms with Crippen molar-refractivity contribution in [1.82, 2.24) is 5.32 Å². The zero-order valence-corrected chi connectivity index (χ0v) is 41.3. The van der Waals surface area contributed by atoms with Crippen molar-refractivity contribution in [3.05, 3.63) is 48.6 Å². The smallest absolute Gasteiger partial charge is 0.306 e. The Bertz CT molecular complexity index is 1070. The molecule has 0 aliphatic heterocycles. The van der Waals surface area contributed by atoms with Crippen molar-refractivity contribution in [2.75, 3.05) is 6.61 Å². The molecule has 0 aromatic heterocycles. The van der Waals surface area contributed by atoms with Crippen molar-refractivity contribution in [2.24, 2.45) is 0 Å². The predicted molar refractivity (Wildman–Crippen MR) is 269 cm³/mol. The molecule has 3 N–H and O–H groups in total. The molecule has 6 nitrogen and oxygen atoms in total. The Morgan fingerprint density at radius 2 is 0.871 bits per heavy atom. The van der Waals surface area contributed by atoms with Gasteiger partial charge in [-0.25, -0.2) is 0 Å². The van der Waals surface area contributed by atoms with Gasteiger partial charge in [0.15, 0.2) is 0 Å². The quantitative estimate of drug-likeness (QED) is 0.0322. The first-order valence-corrected chi connectivity index (χ1v) is 26.9. The molecule has 3 unspecified atom stereocenters. The number of amides is 1. The third kappa shape index (κ3) is 44.4. The standard InChI is InChI=1S/C56H103NO5/c1-4-7-10-13-16-19-22-25-27-28-29-30-33-36-39-42-45-48-54(59)53(51-58)57-55(60)50-52(47-44-41-38-35-32-24-21-18-15-12-9-6-3)62-56(61)49-46-43-40-37-34-31-26-23-20-17-14-11-8-5-2/h9,12,18,21,31-32,34-35,52-54,58-59H,4-8,10-11,13-17,19-20,22-30,33,36-51H2,1-3H3,(H,57,60)/b12-9+,21-18+,34-31-,35-32+. The van der Waals surface area contributed by atoms with Crippen LogP contribution in [0.15, 0.2) is 48.6 Å². The summed E-state index contributed by atoms with van der Waals surface area (Å²) in [6, 6.07) is -0.716. The summed E-state index contributed by atoms with van der Waals surface area (Å²) in [5, 5.41) is 23.8. The molecule has 0 aromatic rings. The monoisotopic (exact) mass is 870 g/mol. The molecule has 0 fully saturated rings. The van der Waals surface area contributed by atoms with Gasteiger partial charge in [0.25, 0.3) is 0 Å². The summed E-state index contributed by atoms with van der Waals surface area (Å²) in [7, 11) is 0. The van der Waals surface area contributed by atoms with Crippen LogP contribution in [0, 0.1) is 0 Å². The summed E-state index contributed by atoms with van der Waals surface area (Å²) in [6.07, 6.45) is 60.4. The fourth-order valence-corrected chi connectivity index (χ4v) is 8.09. The summed E-state index contributed by atoms with van der Waals surface area (Å²) < 4.78 is 5.91. The molecule has 0 aliphatic carbocycles. The molecule has 0 heterocycles. The van der Waals surface area contributed by atoms with E-state index in [1.807, 2.05) is 0 Å². The first kappa shape index (κ1) is 59.8. The van der Waals surface area contributed by atoms with Crippen LogP contribution in [0.3, 0.4) is 0 Å². The number of allylic oxidation sites excluding steroid dienone is 8. The molecule has 0 rings (SSSR count). The number of esters is 1. The van der Waals surface area contributed by atoms with E-state index in [2.05, 4.69) is 74.7 Å². The van der Waals surface area contributed by atoms with Crippen LogP contribution in [-0.2, 0) is 14.3 Å². The van der Waals surface area contributed by atoms with E-state index in [1.165, 1.54) is 135 Å². The number of carbonyl (C=O) groups excluding carboxylic acids is 2. The van der Waals surface area contributed by atoms with Crippen LogP contribution in [0.5, 0.6) is 0 Å². The number of aliphatic hydroxyl groups excluding tert-OH is 2. The van der Waals surface area contributed by atoms with Gasteiger partial charge >= 0.3 is 5.97 Å². The van der Waals surface area contributed by atoms with Gasteiger partial charge in [0.05, 0.1) is 25.2 Å². The first-order valence-electron chi connectivity index (χ1n) is 26.9. The van der Waals surface area contributed by atoms with Gasteiger partial charge in [-0.1, -0.05) is 223 Å². The number of unbranched alkanes of at least 4 members (excludes halogenated alkanes) is 28. The molecular weight excluding hydrogens is 767 g/mol. The lowest BCUT2D eigenvalue weighted by atomic mass is 10.0. The van der Waals surface area contributed by atoms with E-state index in [1.54, 1.807) is 0 Å². The molecule has 0 saturated carbocycles. The zero-order chi connectivity index (χ0) is 45.2. The molecule has 0 aliphatic rings. The Morgan fingerprint density at radius 1 is 0.484 bits per heavy atom. The van der Waals surface area contributed by atoms with E-state index in [0.717, 1.165) is 89.9 Å². The first-order chi connectivity index (χ1) is 30.5. The van der Waals surface area contributed by atoms with Crippen molar-refractivity contribution in [3.63, 3.8) is 0 Å². The minimum atomic E-state index is -0.800. The van der Waals surface area contributed by atoms with Crippen molar-refractivity contribution >= 4 is 11.9 Å². The Kier molecular flexibility index (Phi) is 48.1. The summed E-state index contributed by atoms with van der Waals surface area (Å²) >= 11 is 0. The SMILES string of the molecule is CC/C=C/C/C=C/C/C=C/CCCCC(CC(=O)NC(CO)C(O)CCCCCCCCCCCCCCCCCCC)OC(=O)CCCCC/C=C\CCCCCCCCC. The van der Waals surface area contributed by atoms with E-state index in [4.69, 9.17) is 4.74 Å². The number of nitrogens with one attached hydrogen (secondary N) is 1. The highest BCUT2D eigenvalue weighted by Crippen LogP contribution is 2.17. The molecule has 0 saturated heterocycles. The van der Waals surface area contributed by atoms with Gasteiger partial charge in [0.2, 0.25) is 5.91 Å². The van der Waals surface area contributed by atoms with Gasteiger partial charge in [-0.2, -0.15) is 0 Å². The summed E-state index contributed by atoms with van der Waals surface area (Å²) in [4.78, 5) is 26.1. The van der Waals surface area contributed by atoms with Crippen molar-refractivity contribution in [3.8, 4) is 0 Å². The highest BCUT2D eigenvalue weighted by molar-refractivity contribution is 5.77. The molecule has 0 aromatic carbocycles. The lowest BCUT2D eigenvalue weighted by Crippen LogP contribution is -2.46. The fraction of sp³-hybridized carbons (Fsp3) is 0.821. The van der Waals surface area contributed by atoms with Gasteiger partial charge in [0.1, 0.15) is 6.10 Å². The lowest BCUT2D eigenvalue weighted by molar-refractivity contribution is -0.151. The maximum atomic E-state index is 13.2. The summed E-state index contributed by atoms with van der Waals surface area (Å²) in [6.45, 7) is 6.37. The molecule has 3 atom stereocenters. The van der Waals surface area contributed by atoms with Gasteiger partial charge in [-0.15, -0.1) is 0 Å². The largest absolute Gasteiger partial charge is 0.462 e. The van der Waals surface area contributed by atoms with Crippen LogP contribution < -0.4 is 5.32 Å². The predicted octanol–water partition coefficient (Wildman–Crippen LogP) is 16.2. The number of carbonyl (C=O) groups is 2. The van der Waals surface area contributed by atoms with Crippen LogP contribution in [0.4, 0.5) is 0 Å². The fourth-order valence-electron chi connectivity index (χ4n) is 8.09. The van der Waals surface area contributed by atoms with Crippen LogP contribution >= 0.6 is 0 Å². The van der Waals surface area contributed by atoms with E-state index < -0.39 is 18.2 Å². The van der Waals surface area contributed by atoms with E-state index >= 15 is 0 Å². The zero-order valence-electron chi connectivity index (χ0n) is 41.3. The Balaban J connectivity index is 4.54. The topological polar surface area (TPSA) is 95.9 Å². The number of ether oxygens (including phenoxy) is 1. The molecular formula is C56H103NO5. The van der Waals surface area contributed by atoms with Gasteiger partial charge in [0, 0.05) is 6.42 Å². The number of hydrogen-bond donors (Lipinski definition) is 3. The molecule has 62 heavy (non-hydrogen) atoms. The lowest BCUT2D eigenvalue weighted by Gasteiger charge is -2.24. The average molecular weight is 870 g/mol. The summed E-state index contributed by atoms with van der Waals surface area (Å²) in [5.41, 5.74) is 0. The van der Waals surface area contributed by atoms with E-state index in [0.29, 0.717) is 19.3 Å². The van der Waals surface area contributed by atoms with Crippen LogP contribution in [0.25, 0.3) is 0 Å². The van der Waals surface area contributed by atoms with E-state index in [9.17, 15) is 19.8 Å². The molecule has 0 spiro atoms. The molecule has 0 radical (unpaired) electrons.